The predicted molar refractivity (Wildman–Crippen MR) is 83.1 cm³/mol. The van der Waals surface area contributed by atoms with Gasteiger partial charge in [0.1, 0.15) is 5.75 Å². The van der Waals surface area contributed by atoms with Crippen LogP contribution in [0.4, 0.5) is 11.4 Å². The normalized spacial score (nSPS) is 11.5. The summed E-state index contributed by atoms with van der Waals surface area (Å²) in [6.07, 6.45) is 0. The molecule has 2 aromatic rings. The summed E-state index contributed by atoms with van der Waals surface area (Å²) < 4.78 is 32.5. The van der Waals surface area contributed by atoms with Crippen LogP contribution >= 0.6 is 0 Å². The second-order valence-corrected chi connectivity index (χ2v) is 4.90. The van der Waals surface area contributed by atoms with Gasteiger partial charge in [-0.25, -0.2) is 9.00 Å². The van der Waals surface area contributed by atoms with E-state index < -0.39 is 17.2 Å². The average Bonchev–Trinajstić information content (AvgIpc) is 2.50. The second-order valence-electron chi connectivity index (χ2n) is 4.20. The third kappa shape index (κ3) is 3.74. The Labute approximate surface area is 129 Å². The molecule has 0 aromatic heterocycles. The molecule has 0 fully saturated rings. The lowest BCUT2D eigenvalue weighted by Gasteiger charge is -2.15. The molecule has 1 unspecified atom stereocenters. The Morgan fingerprint density at radius 1 is 1.27 bits per heavy atom. The Hall–Kier alpha value is -2.58. The molecule has 8 heteroatoms. The third-order valence-corrected chi connectivity index (χ3v) is 3.09. The molecule has 0 aliphatic rings. The van der Waals surface area contributed by atoms with E-state index in [-0.39, 0.29) is 22.7 Å². The number of methoxy groups -OCH3 is 1. The van der Waals surface area contributed by atoms with Crippen LogP contribution in [0.2, 0.25) is 0 Å². The van der Waals surface area contributed by atoms with E-state index in [0.29, 0.717) is 5.75 Å². The first kappa shape index (κ1) is 15.8. The summed E-state index contributed by atoms with van der Waals surface area (Å²) >= 11 is -2.35. The van der Waals surface area contributed by atoms with Gasteiger partial charge in [0.05, 0.1) is 24.0 Å². The first-order valence-electron chi connectivity index (χ1n) is 6.13. The molecule has 116 valence electrons. The van der Waals surface area contributed by atoms with Gasteiger partial charge >= 0.3 is 5.97 Å². The van der Waals surface area contributed by atoms with Gasteiger partial charge in [0.2, 0.25) is 0 Å². The predicted octanol–water partition coefficient (Wildman–Crippen LogP) is 2.40. The van der Waals surface area contributed by atoms with Gasteiger partial charge in [0, 0.05) is 0 Å². The Kier molecular flexibility index (Phi) is 4.97. The third-order valence-electron chi connectivity index (χ3n) is 2.70. The number of nitrogen functional groups attached to an aromatic ring is 1. The molecule has 0 spiro atoms. The molecule has 0 aliphatic carbocycles. The van der Waals surface area contributed by atoms with Gasteiger partial charge in [-0.2, -0.15) is 0 Å². The summed E-state index contributed by atoms with van der Waals surface area (Å²) in [5.41, 5.74) is 6.24. The van der Waals surface area contributed by atoms with Crippen LogP contribution < -0.4 is 15.2 Å². The Morgan fingerprint density at radius 2 is 1.95 bits per heavy atom. The number of carbonyl (C=O) groups excluding carboxylic acids is 1. The van der Waals surface area contributed by atoms with Crippen molar-refractivity contribution in [1.82, 2.24) is 0 Å². The minimum absolute atomic E-state index is 0.102. The van der Waals surface area contributed by atoms with Crippen LogP contribution in [0.5, 0.6) is 11.5 Å². The molecule has 0 bridgehead atoms. The van der Waals surface area contributed by atoms with Crippen molar-refractivity contribution in [2.24, 2.45) is 0 Å². The summed E-state index contributed by atoms with van der Waals surface area (Å²) in [4.78, 5) is 11.6. The first-order valence-corrected chi connectivity index (χ1v) is 7.24. The number of hydrogen-bond donors (Lipinski definition) is 3. The van der Waals surface area contributed by atoms with E-state index in [1.54, 1.807) is 24.3 Å². The maximum absolute atomic E-state index is 11.6. The summed E-state index contributed by atoms with van der Waals surface area (Å²) in [6, 6.07) is 11.5. The molecule has 2 rings (SSSR count). The number of hydrogen-bond acceptors (Lipinski definition) is 5. The summed E-state index contributed by atoms with van der Waals surface area (Å²) in [5, 5.41) is 0. The van der Waals surface area contributed by atoms with Crippen LogP contribution in [0.1, 0.15) is 10.4 Å². The molecule has 0 saturated heterocycles. The quantitative estimate of drug-likeness (QED) is 0.443. The number of para-hydroxylation sites is 1. The van der Waals surface area contributed by atoms with Gasteiger partial charge in [0.15, 0.2) is 5.75 Å². The van der Waals surface area contributed by atoms with Crippen molar-refractivity contribution in [3.8, 4) is 11.5 Å². The zero-order valence-electron chi connectivity index (χ0n) is 11.6. The summed E-state index contributed by atoms with van der Waals surface area (Å²) in [6.45, 7) is 0. The molecule has 22 heavy (non-hydrogen) atoms. The number of anilines is 2. The fourth-order valence-corrected chi connectivity index (χ4v) is 2.12. The fraction of sp³-hybridized carbons (Fsp3) is 0.0714. The molecule has 1 atom stereocenters. The van der Waals surface area contributed by atoms with E-state index in [9.17, 15) is 9.00 Å². The lowest BCUT2D eigenvalue weighted by atomic mass is 10.1. The average molecular weight is 322 g/mol. The Bertz CT molecular complexity index is 706. The number of esters is 1. The van der Waals surface area contributed by atoms with Crippen molar-refractivity contribution in [2.75, 3.05) is 17.6 Å². The minimum atomic E-state index is -2.35. The van der Waals surface area contributed by atoms with Crippen molar-refractivity contribution >= 4 is 28.6 Å². The van der Waals surface area contributed by atoms with E-state index in [0.717, 1.165) is 0 Å². The van der Waals surface area contributed by atoms with Crippen molar-refractivity contribution < 1.29 is 23.0 Å². The first-order chi connectivity index (χ1) is 10.5. The Balaban J connectivity index is 2.46. The second kappa shape index (κ2) is 6.92. The van der Waals surface area contributed by atoms with Gasteiger partial charge in [-0.3, -0.25) is 9.27 Å². The lowest BCUT2D eigenvalue weighted by Crippen LogP contribution is -2.09. The van der Waals surface area contributed by atoms with E-state index in [4.69, 9.17) is 15.0 Å². The van der Waals surface area contributed by atoms with Crippen LogP contribution in [-0.2, 0) is 16.0 Å². The molecule has 4 N–H and O–H groups in total. The SMILES string of the molecule is COC(=O)c1cc(N)c(Oc2ccccc2)c(NS(=O)O)c1. The largest absolute Gasteiger partial charge is 0.465 e. The van der Waals surface area contributed by atoms with Crippen LogP contribution in [0.3, 0.4) is 0 Å². The van der Waals surface area contributed by atoms with Crippen LogP contribution in [-0.4, -0.2) is 21.8 Å². The smallest absolute Gasteiger partial charge is 0.338 e. The van der Waals surface area contributed by atoms with Crippen molar-refractivity contribution in [2.45, 2.75) is 0 Å². The number of benzene rings is 2. The highest BCUT2D eigenvalue weighted by atomic mass is 32.2. The molecule has 7 nitrogen and oxygen atoms in total. The maximum atomic E-state index is 11.6. The van der Waals surface area contributed by atoms with Gasteiger partial charge in [-0.15, -0.1) is 0 Å². The van der Waals surface area contributed by atoms with Crippen molar-refractivity contribution in [3.63, 3.8) is 0 Å². The number of carbonyl (C=O) groups is 1. The summed E-state index contributed by atoms with van der Waals surface area (Å²) in [5.74, 6) is 0.0118. The maximum Gasteiger partial charge on any atom is 0.338 e. The zero-order valence-corrected chi connectivity index (χ0v) is 12.4. The molecule has 0 amide bonds. The highest BCUT2D eigenvalue weighted by molar-refractivity contribution is 7.80. The molecule has 2 aromatic carbocycles. The van der Waals surface area contributed by atoms with Crippen LogP contribution in [0.15, 0.2) is 42.5 Å². The zero-order chi connectivity index (χ0) is 16.1. The standard InChI is InChI=1S/C14H14N2O5S/c1-20-14(17)9-7-11(15)13(12(8-9)16-22(18)19)21-10-5-3-2-4-6-10/h2-8,16H,15H2,1H3,(H,18,19). The van der Waals surface area contributed by atoms with E-state index >= 15 is 0 Å². The van der Waals surface area contributed by atoms with E-state index in [2.05, 4.69) is 9.46 Å². The number of ether oxygens (including phenoxy) is 2. The molecule has 0 saturated carbocycles. The van der Waals surface area contributed by atoms with Crippen LogP contribution in [0.25, 0.3) is 0 Å². The molecular formula is C14H14N2O5S. The highest BCUT2D eigenvalue weighted by Gasteiger charge is 2.16. The topological polar surface area (TPSA) is 111 Å². The van der Waals surface area contributed by atoms with E-state index in [1.807, 2.05) is 6.07 Å². The van der Waals surface area contributed by atoms with Gasteiger partial charge in [-0.05, 0) is 24.3 Å². The molecule has 0 heterocycles. The van der Waals surface area contributed by atoms with Crippen molar-refractivity contribution in [3.05, 3.63) is 48.0 Å². The number of nitrogens with two attached hydrogens (primary N) is 1. The van der Waals surface area contributed by atoms with Crippen molar-refractivity contribution in [1.29, 1.82) is 0 Å². The minimum Gasteiger partial charge on any atom is -0.465 e. The van der Waals surface area contributed by atoms with Gasteiger partial charge < -0.3 is 15.2 Å². The van der Waals surface area contributed by atoms with Gasteiger partial charge in [0.25, 0.3) is 11.3 Å². The fourth-order valence-electron chi connectivity index (χ4n) is 1.78. The highest BCUT2D eigenvalue weighted by Crippen LogP contribution is 2.37. The van der Waals surface area contributed by atoms with Gasteiger partial charge in [-0.1, -0.05) is 18.2 Å². The molecular weight excluding hydrogens is 308 g/mol. The van der Waals surface area contributed by atoms with Crippen LogP contribution in [0, 0.1) is 0 Å². The molecule has 0 aliphatic heterocycles. The molecule has 0 radical (unpaired) electrons. The monoisotopic (exact) mass is 322 g/mol. The van der Waals surface area contributed by atoms with E-state index in [1.165, 1.54) is 19.2 Å². The summed E-state index contributed by atoms with van der Waals surface area (Å²) in [7, 11) is 1.23. The number of rotatable bonds is 5. The number of nitrogens with one attached hydrogen (secondary N) is 1. The lowest BCUT2D eigenvalue weighted by molar-refractivity contribution is 0.0601. The Morgan fingerprint density at radius 3 is 2.55 bits per heavy atom.